The minimum absolute atomic E-state index is 0.0793. The quantitative estimate of drug-likeness (QED) is 0.713. The van der Waals surface area contributed by atoms with E-state index in [1.54, 1.807) is 0 Å². The van der Waals surface area contributed by atoms with Gasteiger partial charge in [0.05, 0.1) is 6.67 Å². The fourth-order valence-corrected chi connectivity index (χ4v) is 3.81. The molecule has 6 nitrogen and oxygen atoms in total. The molecular weight excluding hydrogens is 356 g/mol. The van der Waals surface area contributed by atoms with Crippen molar-refractivity contribution >= 4 is 12.1 Å². The Hall–Kier alpha value is -2.86. The van der Waals surface area contributed by atoms with E-state index in [1.165, 1.54) is 0 Å². The number of aliphatic carboxylic acids is 1. The van der Waals surface area contributed by atoms with Gasteiger partial charge in [-0.15, -0.1) is 0 Å². The molecule has 0 saturated carbocycles. The fraction of sp³-hybridized carbons (Fsp3) is 0.364. The van der Waals surface area contributed by atoms with Crippen LogP contribution in [0.2, 0.25) is 0 Å². The number of hydrogen-bond acceptors (Lipinski definition) is 4. The zero-order chi connectivity index (χ0) is 20.3. The Bertz CT molecular complexity index is 820. The summed E-state index contributed by atoms with van der Waals surface area (Å²) in [7, 11) is 0. The number of carbonyl (C=O) groups excluding carboxylic acids is 1. The summed E-state index contributed by atoms with van der Waals surface area (Å²) in [6, 6.07) is 15.1. The van der Waals surface area contributed by atoms with Gasteiger partial charge in [0.2, 0.25) is 0 Å². The maximum atomic E-state index is 12.6. The Kier molecular flexibility index (Phi) is 5.99. The highest BCUT2D eigenvalue weighted by atomic mass is 16.6. The highest BCUT2D eigenvalue weighted by molar-refractivity contribution is 5.81. The van der Waals surface area contributed by atoms with Crippen LogP contribution in [0.1, 0.15) is 37.3 Å². The third-order valence-corrected chi connectivity index (χ3v) is 5.12. The van der Waals surface area contributed by atoms with Crippen LogP contribution < -0.4 is 5.73 Å². The normalized spacial score (nSPS) is 13.7. The molecule has 0 radical (unpaired) electrons. The van der Waals surface area contributed by atoms with Crippen LogP contribution in [0.15, 0.2) is 48.5 Å². The summed E-state index contributed by atoms with van der Waals surface area (Å²) in [6.07, 6.45) is -0.381. The first-order chi connectivity index (χ1) is 13.4. The monoisotopic (exact) mass is 382 g/mol. The molecule has 0 spiro atoms. The number of amides is 1. The van der Waals surface area contributed by atoms with Gasteiger partial charge in [-0.05, 0) is 34.6 Å². The number of carboxylic acid groups (broad SMARTS) is 1. The molecule has 1 aliphatic rings. The van der Waals surface area contributed by atoms with Crippen molar-refractivity contribution < 1.29 is 19.4 Å². The predicted molar refractivity (Wildman–Crippen MR) is 107 cm³/mol. The maximum Gasteiger partial charge on any atom is 0.411 e. The van der Waals surface area contributed by atoms with Gasteiger partial charge in [0.15, 0.2) is 0 Å². The minimum atomic E-state index is -1.08. The second kappa shape index (κ2) is 8.44. The Labute approximate surface area is 164 Å². The molecule has 0 aliphatic heterocycles. The number of carbonyl (C=O) groups is 2. The van der Waals surface area contributed by atoms with Crippen LogP contribution in [0.5, 0.6) is 0 Å². The lowest BCUT2D eigenvalue weighted by Gasteiger charge is -2.28. The molecule has 3 rings (SSSR count). The van der Waals surface area contributed by atoms with E-state index in [-0.39, 0.29) is 25.1 Å². The van der Waals surface area contributed by atoms with E-state index in [1.807, 2.05) is 50.2 Å². The topological polar surface area (TPSA) is 92.9 Å². The smallest absolute Gasteiger partial charge is 0.411 e. The van der Waals surface area contributed by atoms with Gasteiger partial charge in [0, 0.05) is 5.92 Å². The first kappa shape index (κ1) is 19.9. The van der Waals surface area contributed by atoms with Gasteiger partial charge in [-0.1, -0.05) is 62.4 Å². The molecule has 2 aromatic carbocycles. The Balaban J connectivity index is 1.77. The van der Waals surface area contributed by atoms with Crippen LogP contribution in [-0.2, 0) is 9.53 Å². The molecule has 0 aromatic heterocycles. The maximum absolute atomic E-state index is 12.6. The van der Waals surface area contributed by atoms with E-state index in [2.05, 4.69) is 12.1 Å². The lowest BCUT2D eigenvalue weighted by Crippen LogP contribution is -2.49. The Morgan fingerprint density at radius 3 is 2.07 bits per heavy atom. The molecule has 148 valence electrons. The van der Waals surface area contributed by atoms with Crippen LogP contribution in [0.3, 0.4) is 0 Å². The van der Waals surface area contributed by atoms with E-state index in [4.69, 9.17) is 10.5 Å². The molecule has 0 bridgehead atoms. The van der Waals surface area contributed by atoms with Crippen molar-refractivity contribution in [3.05, 3.63) is 59.7 Å². The van der Waals surface area contributed by atoms with Gasteiger partial charge in [0.1, 0.15) is 12.6 Å². The number of fused-ring (bicyclic) bond motifs is 3. The SMILES string of the molecule is CC(C)C[C@@H](C(=O)O)N(CN)C(=O)OCC1c2ccccc2-c2ccccc21. The zero-order valence-corrected chi connectivity index (χ0v) is 16.2. The fourth-order valence-electron chi connectivity index (χ4n) is 3.81. The van der Waals surface area contributed by atoms with Crippen molar-refractivity contribution in [2.45, 2.75) is 32.2 Å². The molecule has 3 N–H and O–H groups in total. The molecule has 1 atom stereocenters. The van der Waals surface area contributed by atoms with E-state index < -0.39 is 18.1 Å². The lowest BCUT2D eigenvalue weighted by atomic mass is 9.98. The predicted octanol–water partition coefficient (Wildman–Crippen LogP) is 3.65. The van der Waals surface area contributed by atoms with Crippen molar-refractivity contribution in [2.24, 2.45) is 11.7 Å². The highest BCUT2D eigenvalue weighted by Gasteiger charge is 2.33. The number of benzene rings is 2. The number of hydrogen-bond donors (Lipinski definition) is 2. The highest BCUT2D eigenvalue weighted by Crippen LogP contribution is 2.44. The second-order valence-corrected chi connectivity index (χ2v) is 7.44. The Morgan fingerprint density at radius 1 is 1.07 bits per heavy atom. The molecule has 0 heterocycles. The summed E-state index contributed by atoms with van der Waals surface area (Å²) in [4.78, 5) is 25.4. The summed E-state index contributed by atoms with van der Waals surface area (Å²) in [5.41, 5.74) is 10.2. The van der Waals surface area contributed by atoms with E-state index in [0.29, 0.717) is 6.42 Å². The van der Waals surface area contributed by atoms with Crippen LogP contribution in [0.25, 0.3) is 11.1 Å². The van der Waals surface area contributed by atoms with E-state index in [0.717, 1.165) is 27.2 Å². The number of carboxylic acids is 1. The van der Waals surface area contributed by atoms with E-state index in [9.17, 15) is 14.7 Å². The second-order valence-electron chi connectivity index (χ2n) is 7.44. The molecule has 0 saturated heterocycles. The minimum Gasteiger partial charge on any atom is -0.480 e. The van der Waals surface area contributed by atoms with Gasteiger partial charge in [0.25, 0.3) is 0 Å². The molecule has 0 unspecified atom stereocenters. The van der Waals surface area contributed by atoms with Crippen molar-refractivity contribution in [1.82, 2.24) is 4.90 Å². The van der Waals surface area contributed by atoms with Crippen LogP contribution >= 0.6 is 0 Å². The van der Waals surface area contributed by atoms with Crippen LogP contribution in [0, 0.1) is 5.92 Å². The summed E-state index contributed by atoms with van der Waals surface area (Å²) < 4.78 is 5.55. The summed E-state index contributed by atoms with van der Waals surface area (Å²) in [5, 5.41) is 9.51. The molecule has 1 aliphatic carbocycles. The summed E-state index contributed by atoms with van der Waals surface area (Å²) in [6.45, 7) is 3.74. The van der Waals surface area contributed by atoms with Gasteiger partial charge >= 0.3 is 12.1 Å². The molecule has 28 heavy (non-hydrogen) atoms. The number of ether oxygens (including phenoxy) is 1. The van der Waals surface area contributed by atoms with Gasteiger partial charge in [-0.25, -0.2) is 9.59 Å². The number of rotatable bonds is 7. The molecule has 2 aromatic rings. The van der Waals surface area contributed by atoms with Crippen LogP contribution in [-0.4, -0.2) is 41.4 Å². The first-order valence-corrected chi connectivity index (χ1v) is 9.48. The van der Waals surface area contributed by atoms with Gasteiger partial charge < -0.3 is 15.6 Å². The third-order valence-electron chi connectivity index (χ3n) is 5.12. The average molecular weight is 382 g/mol. The summed E-state index contributed by atoms with van der Waals surface area (Å²) in [5.74, 6) is -1.05. The number of nitrogens with two attached hydrogens (primary N) is 1. The number of nitrogens with zero attached hydrogens (tertiary/aromatic N) is 1. The van der Waals surface area contributed by atoms with Crippen molar-refractivity contribution in [3.63, 3.8) is 0 Å². The standard InChI is InChI=1S/C22H26N2O4/c1-14(2)11-20(21(25)26)24(13-23)22(27)28-12-19-17-9-5-3-7-15(17)16-8-4-6-10-18(16)19/h3-10,14,19-20H,11-13,23H2,1-2H3,(H,25,26)/t20-/m0/s1. The van der Waals surface area contributed by atoms with Crippen LogP contribution in [0.4, 0.5) is 4.79 Å². The first-order valence-electron chi connectivity index (χ1n) is 9.48. The van der Waals surface area contributed by atoms with Crippen molar-refractivity contribution in [1.29, 1.82) is 0 Å². The molecule has 6 heteroatoms. The van der Waals surface area contributed by atoms with Crippen molar-refractivity contribution in [2.75, 3.05) is 13.3 Å². The van der Waals surface area contributed by atoms with E-state index >= 15 is 0 Å². The molecule has 0 fully saturated rings. The van der Waals surface area contributed by atoms with Gasteiger partial charge in [-0.3, -0.25) is 4.90 Å². The van der Waals surface area contributed by atoms with Gasteiger partial charge in [-0.2, -0.15) is 0 Å². The molecule has 1 amide bonds. The van der Waals surface area contributed by atoms with Crippen molar-refractivity contribution in [3.8, 4) is 11.1 Å². The Morgan fingerprint density at radius 2 is 1.61 bits per heavy atom. The largest absolute Gasteiger partial charge is 0.480 e. The lowest BCUT2D eigenvalue weighted by molar-refractivity contribution is -0.143. The average Bonchev–Trinajstić information content (AvgIpc) is 2.99. The zero-order valence-electron chi connectivity index (χ0n) is 16.2. The molecular formula is C22H26N2O4. The summed E-state index contributed by atoms with van der Waals surface area (Å²) >= 11 is 0. The third kappa shape index (κ3) is 3.87.